The maximum atomic E-state index is 10.3. The van der Waals surface area contributed by atoms with E-state index in [1.165, 1.54) is 0 Å². The Bertz CT molecular complexity index is 241. The molecule has 14 heteroatoms. The van der Waals surface area contributed by atoms with Crippen molar-refractivity contribution >= 4 is 67.2 Å². The Morgan fingerprint density at radius 1 is 1.00 bits per heavy atom. The van der Waals surface area contributed by atoms with Gasteiger partial charge in [0.2, 0.25) is 0 Å². The van der Waals surface area contributed by atoms with E-state index in [0.717, 1.165) is 0 Å². The van der Waals surface area contributed by atoms with Gasteiger partial charge in [-0.15, -0.1) is 0 Å². The van der Waals surface area contributed by atoms with Crippen LogP contribution in [0.5, 0.6) is 0 Å². The summed E-state index contributed by atoms with van der Waals surface area (Å²) in [6, 6.07) is 0. The molecule has 16 heavy (non-hydrogen) atoms. The zero-order valence-electron chi connectivity index (χ0n) is 7.23. The third-order valence-electron chi connectivity index (χ3n) is 0.490. The summed E-state index contributed by atoms with van der Waals surface area (Å²) >= 11 is 17.9. The summed E-state index contributed by atoms with van der Waals surface area (Å²) in [5.74, 6) is -3.53. The molecule has 0 N–H and O–H groups in total. The Labute approximate surface area is 121 Å². The van der Waals surface area contributed by atoms with Gasteiger partial charge in [0.05, 0.1) is 35.6 Å². The number of halogens is 4. The Balaban J connectivity index is -0.000000200. The largest absolute Gasteiger partial charge is 1.00 e. The molecule has 90 valence electrons. The minimum absolute atomic E-state index is 0. The number of hydrogen-bond donors (Lipinski definition) is 0. The first-order valence-corrected chi connectivity index (χ1v) is 5.11. The van der Waals surface area contributed by atoms with Gasteiger partial charge >= 0.3 is 32.7 Å². The molecule has 8 nitrogen and oxygen atoms in total. The maximum absolute atomic E-state index is 10.3. The van der Waals surface area contributed by atoms with Crippen LogP contribution in [0.2, 0.25) is 0 Å². The van der Waals surface area contributed by atoms with E-state index in [2.05, 4.69) is 64.0 Å². The zero-order chi connectivity index (χ0) is 12.5. The number of carboxylic acid groups (broad SMARTS) is 1. The fraction of sp³-hybridized carbons (Fsp3) is 0. The van der Waals surface area contributed by atoms with Crippen molar-refractivity contribution in [2.24, 2.45) is 0 Å². The second-order valence-corrected chi connectivity index (χ2v) is 4.01. The van der Waals surface area contributed by atoms with Crippen molar-refractivity contribution < 1.29 is 54.6 Å². The van der Waals surface area contributed by atoms with E-state index in [9.17, 15) is 19.3 Å². The molecule has 0 aliphatic rings. The number of carbonyl (C=O) groups is 2. The van der Waals surface area contributed by atoms with Crippen LogP contribution in [0, 0.1) is 0 Å². The van der Waals surface area contributed by atoms with Gasteiger partial charge in [-0.05, 0) is 0 Å². The van der Waals surface area contributed by atoms with Crippen LogP contribution in [0.1, 0.15) is 0 Å². The topological polar surface area (TPSA) is 111 Å². The Morgan fingerprint density at radius 2 is 1.31 bits per heavy atom. The van der Waals surface area contributed by atoms with E-state index in [4.69, 9.17) is 0 Å². The van der Waals surface area contributed by atoms with E-state index in [0.29, 0.717) is 0 Å². The molecule has 0 aliphatic heterocycles. The van der Waals surface area contributed by atoms with Gasteiger partial charge in [-0.25, -0.2) is 9.36 Å². The molecule has 0 spiro atoms. The van der Waals surface area contributed by atoms with Gasteiger partial charge in [0.25, 0.3) is 0 Å². The monoisotopic (exact) mass is 330 g/mol. The van der Waals surface area contributed by atoms with E-state index in [-0.39, 0.29) is 18.9 Å². The average Bonchev–Trinajstić information content (AvgIpc) is 2.27. The van der Waals surface area contributed by atoms with Gasteiger partial charge in [-0.3, -0.25) is 0 Å². The van der Waals surface area contributed by atoms with E-state index < -0.39 is 19.8 Å². The molecule has 0 radical (unpaired) electrons. The summed E-state index contributed by atoms with van der Waals surface area (Å²) in [6.45, 7) is 0. The standard InChI is InChI=1S/C2HClO4.Cl3O4P.Li/c3-7-2(6)1(4)5;1-5-8(4,6-2)7-3;/h(H,4,5);;/q;;+1/p-1. The fourth-order valence-corrected chi connectivity index (χ4v) is 0.957. The Morgan fingerprint density at radius 3 is 1.31 bits per heavy atom. The van der Waals surface area contributed by atoms with Crippen molar-refractivity contribution in [1.29, 1.82) is 0 Å². The molecule has 0 unspecified atom stereocenters. The zero-order valence-corrected chi connectivity index (χ0v) is 11.1. The van der Waals surface area contributed by atoms with Gasteiger partial charge < -0.3 is 14.2 Å². The normalized spacial score (nSPS) is 9.25. The molecular formula is C2Cl4LiO8P. The van der Waals surface area contributed by atoms with Crippen molar-refractivity contribution in [2.45, 2.75) is 0 Å². The van der Waals surface area contributed by atoms with Gasteiger partial charge in [0.1, 0.15) is 11.9 Å². The van der Waals surface area contributed by atoms with Crippen molar-refractivity contribution in [3.8, 4) is 0 Å². The molecule has 0 aromatic carbocycles. The van der Waals surface area contributed by atoms with Crippen molar-refractivity contribution in [2.75, 3.05) is 0 Å². The third-order valence-corrected chi connectivity index (χ3v) is 2.66. The second-order valence-electron chi connectivity index (χ2n) is 1.31. The summed E-state index contributed by atoms with van der Waals surface area (Å²) in [5.41, 5.74) is 0. The first kappa shape index (κ1) is 22.0. The van der Waals surface area contributed by atoms with Crippen molar-refractivity contribution in [3.05, 3.63) is 0 Å². The van der Waals surface area contributed by atoms with Crippen molar-refractivity contribution in [1.82, 2.24) is 0 Å². The number of rotatable bonds is 3. The van der Waals surface area contributed by atoms with Crippen LogP contribution in [0.3, 0.4) is 0 Å². The number of phosphoric acid groups is 1. The fourth-order valence-electron chi connectivity index (χ4n) is 0.0634. The maximum Gasteiger partial charge on any atom is 1.00 e. The van der Waals surface area contributed by atoms with Gasteiger partial charge in [0.15, 0.2) is 5.97 Å². The first-order valence-electron chi connectivity index (χ1n) is 2.41. The predicted molar refractivity (Wildman–Crippen MR) is 45.4 cm³/mol. The number of hydrogen-bond acceptors (Lipinski definition) is 8. The summed E-state index contributed by atoms with van der Waals surface area (Å²) in [7, 11) is -3.87. The number of aliphatic carboxylic acids is 1. The van der Waals surface area contributed by atoms with Crippen LogP contribution >= 0.6 is 55.3 Å². The summed E-state index contributed by atoms with van der Waals surface area (Å²) in [6.07, 6.45) is 0. The average molecular weight is 332 g/mol. The van der Waals surface area contributed by atoms with Crippen LogP contribution < -0.4 is 24.0 Å². The predicted octanol–water partition coefficient (Wildman–Crippen LogP) is -1.96. The molecule has 0 aromatic heterocycles. The molecule has 0 rings (SSSR count). The molecule has 0 saturated carbocycles. The summed E-state index contributed by atoms with van der Waals surface area (Å²) < 4.78 is 24.1. The smallest absolute Gasteiger partial charge is 0.539 e. The summed E-state index contributed by atoms with van der Waals surface area (Å²) in [5, 5.41) is 9.26. The van der Waals surface area contributed by atoms with Crippen molar-refractivity contribution in [3.63, 3.8) is 0 Å². The molecule has 0 bridgehead atoms. The molecule has 0 amide bonds. The minimum atomic E-state index is -3.87. The van der Waals surface area contributed by atoms with Gasteiger partial charge in [0, 0.05) is 0 Å². The molecule has 0 fully saturated rings. The first-order chi connectivity index (χ1) is 6.86. The molecule has 0 saturated heterocycles. The Kier molecular flexibility index (Phi) is 16.9. The molecule has 0 aromatic rings. The van der Waals surface area contributed by atoms with E-state index in [1.807, 2.05) is 0 Å². The third kappa shape index (κ3) is 11.3. The number of carboxylic acids is 1. The summed E-state index contributed by atoms with van der Waals surface area (Å²) in [4.78, 5) is 18.8. The van der Waals surface area contributed by atoms with Crippen LogP contribution in [0.4, 0.5) is 0 Å². The van der Waals surface area contributed by atoms with E-state index in [1.54, 1.807) is 0 Å². The van der Waals surface area contributed by atoms with Crippen LogP contribution in [0.15, 0.2) is 0 Å². The molecule has 0 atom stereocenters. The molecule has 0 heterocycles. The molecular weight excluding hydrogens is 332 g/mol. The van der Waals surface area contributed by atoms with Crippen LogP contribution in [-0.2, 0) is 30.7 Å². The Hall–Kier alpha value is 0.807. The SMILES string of the molecule is O=C([O-])C(=O)OCl.O=P(OCl)(OCl)OCl.[Li+]. The second kappa shape index (κ2) is 12.3. The molecule has 0 aliphatic carbocycles. The number of carbonyl (C=O) groups excluding carboxylic acids is 2. The van der Waals surface area contributed by atoms with Gasteiger partial charge in [-0.1, -0.05) is 0 Å². The van der Waals surface area contributed by atoms with E-state index >= 15 is 0 Å². The van der Waals surface area contributed by atoms with Crippen LogP contribution in [0.25, 0.3) is 0 Å². The minimum Gasteiger partial charge on any atom is -0.539 e. The quantitative estimate of drug-likeness (QED) is 0.333. The van der Waals surface area contributed by atoms with Gasteiger partial charge in [-0.2, -0.15) is 12.2 Å². The van der Waals surface area contributed by atoms with Crippen LogP contribution in [-0.4, -0.2) is 11.9 Å².